The van der Waals surface area contributed by atoms with Crippen LogP contribution in [0, 0.1) is 0 Å². The highest BCUT2D eigenvalue weighted by atomic mass is 32.1. The van der Waals surface area contributed by atoms with Gasteiger partial charge in [0.25, 0.3) is 5.91 Å². The Kier molecular flexibility index (Phi) is 4.46. The molecule has 1 fully saturated rings. The van der Waals surface area contributed by atoms with Crippen LogP contribution in [0.4, 0.5) is 0 Å². The zero-order valence-corrected chi connectivity index (χ0v) is 14.9. The van der Waals surface area contributed by atoms with Crippen molar-refractivity contribution < 1.29 is 19.1 Å². The first-order valence-corrected chi connectivity index (χ1v) is 9.42. The Morgan fingerprint density at radius 2 is 1.77 bits per heavy atom. The third-order valence-corrected chi connectivity index (χ3v) is 5.65. The fourth-order valence-corrected chi connectivity index (χ4v) is 4.06. The smallest absolute Gasteiger partial charge is 0.339 e. The van der Waals surface area contributed by atoms with Gasteiger partial charge in [-0.3, -0.25) is 9.59 Å². The van der Waals surface area contributed by atoms with E-state index in [0.717, 1.165) is 10.4 Å². The molecular weight excluding hydrogens is 352 g/mol. The largest absolute Gasteiger partial charge is 0.453 e. The molecule has 1 saturated heterocycles. The van der Waals surface area contributed by atoms with Crippen LogP contribution in [-0.2, 0) is 9.53 Å². The van der Waals surface area contributed by atoms with E-state index in [1.54, 1.807) is 21.9 Å². The summed E-state index contributed by atoms with van der Waals surface area (Å²) < 4.78 is 5.35. The second kappa shape index (κ2) is 6.92. The summed E-state index contributed by atoms with van der Waals surface area (Å²) in [6.07, 6.45) is -0.376. The summed E-state index contributed by atoms with van der Waals surface area (Å²) in [6, 6.07) is 10.9. The van der Waals surface area contributed by atoms with E-state index in [9.17, 15) is 14.4 Å². The maximum atomic E-state index is 12.6. The number of carbonyl (C=O) groups excluding carboxylic acids is 3. The van der Waals surface area contributed by atoms with Crippen LogP contribution < -0.4 is 0 Å². The number of amides is 2. The SMILES string of the molecule is O=C1O[C@H](CC(=O)N2CCN(C(=O)c3cccs3)CC2)c2ccccc21. The fraction of sp³-hybridized carbons (Fsp3) is 0.316. The Balaban J connectivity index is 1.35. The van der Waals surface area contributed by atoms with E-state index in [4.69, 9.17) is 4.74 Å². The molecule has 0 aliphatic carbocycles. The van der Waals surface area contributed by atoms with E-state index in [2.05, 4.69) is 0 Å². The van der Waals surface area contributed by atoms with Gasteiger partial charge in [0.05, 0.1) is 16.9 Å². The van der Waals surface area contributed by atoms with Crippen molar-refractivity contribution in [2.45, 2.75) is 12.5 Å². The standard InChI is InChI=1S/C19H18N2O4S/c22-17(12-15-13-4-1-2-5-14(13)19(24)25-15)20-7-9-21(10-8-20)18(23)16-6-3-11-26-16/h1-6,11,15H,7-10,12H2/t15-/m1/s1. The fourth-order valence-electron chi connectivity index (χ4n) is 3.37. The molecule has 2 aliphatic rings. The second-order valence-corrected chi connectivity index (χ2v) is 7.28. The lowest BCUT2D eigenvalue weighted by Crippen LogP contribution is -2.50. The monoisotopic (exact) mass is 370 g/mol. The second-order valence-electron chi connectivity index (χ2n) is 6.34. The lowest BCUT2D eigenvalue weighted by Gasteiger charge is -2.35. The molecule has 134 valence electrons. The van der Waals surface area contributed by atoms with Crippen molar-refractivity contribution in [2.24, 2.45) is 0 Å². The van der Waals surface area contributed by atoms with Gasteiger partial charge < -0.3 is 14.5 Å². The maximum Gasteiger partial charge on any atom is 0.339 e. The summed E-state index contributed by atoms with van der Waals surface area (Å²) in [4.78, 5) is 41.1. The Morgan fingerprint density at radius 1 is 1.04 bits per heavy atom. The minimum Gasteiger partial charge on any atom is -0.453 e. The molecule has 2 amide bonds. The van der Waals surface area contributed by atoms with E-state index in [0.29, 0.717) is 31.7 Å². The molecule has 0 N–H and O–H groups in total. The van der Waals surface area contributed by atoms with Crippen molar-refractivity contribution in [2.75, 3.05) is 26.2 Å². The van der Waals surface area contributed by atoms with Crippen molar-refractivity contribution in [1.29, 1.82) is 0 Å². The number of esters is 1. The summed E-state index contributed by atoms with van der Waals surface area (Å²) in [5.74, 6) is -0.404. The number of thiophene rings is 1. The first kappa shape index (κ1) is 16.8. The third kappa shape index (κ3) is 3.10. The van der Waals surface area contributed by atoms with Crippen molar-refractivity contribution in [1.82, 2.24) is 9.80 Å². The molecule has 0 saturated carbocycles. The number of ether oxygens (including phenoxy) is 1. The van der Waals surface area contributed by atoms with Crippen LogP contribution in [0.1, 0.15) is 38.1 Å². The van der Waals surface area contributed by atoms with Gasteiger partial charge in [0.1, 0.15) is 6.10 Å². The first-order valence-electron chi connectivity index (χ1n) is 8.54. The molecule has 1 aromatic carbocycles. The van der Waals surface area contributed by atoms with Crippen LogP contribution in [0.5, 0.6) is 0 Å². The average Bonchev–Trinajstić information content (AvgIpc) is 3.31. The van der Waals surface area contributed by atoms with E-state index in [1.165, 1.54) is 11.3 Å². The highest BCUT2D eigenvalue weighted by Gasteiger charge is 2.34. The maximum absolute atomic E-state index is 12.6. The van der Waals surface area contributed by atoms with Gasteiger partial charge in [-0.2, -0.15) is 0 Å². The van der Waals surface area contributed by atoms with Crippen LogP contribution in [0.2, 0.25) is 0 Å². The number of hydrogen-bond donors (Lipinski definition) is 0. The molecule has 2 aromatic rings. The number of hydrogen-bond acceptors (Lipinski definition) is 5. The van der Waals surface area contributed by atoms with Crippen molar-refractivity contribution >= 4 is 29.1 Å². The van der Waals surface area contributed by atoms with Crippen molar-refractivity contribution in [3.63, 3.8) is 0 Å². The molecule has 3 heterocycles. The zero-order valence-electron chi connectivity index (χ0n) is 14.1. The molecule has 2 aliphatic heterocycles. The van der Waals surface area contributed by atoms with Crippen LogP contribution in [0.25, 0.3) is 0 Å². The number of piperazine rings is 1. The molecule has 1 atom stereocenters. The van der Waals surface area contributed by atoms with Crippen LogP contribution in [0.15, 0.2) is 41.8 Å². The van der Waals surface area contributed by atoms with E-state index in [1.807, 2.05) is 29.6 Å². The lowest BCUT2D eigenvalue weighted by molar-refractivity contribution is -0.134. The number of nitrogens with zero attached hydrogens (tertiary/aromatic N) is 2. The van der Waals surface area contributed by atoms with Crippen LogP contribution in [-0.4, -0.2) is 53.8 Å². The topological polar surface area (TPSA) is 66.9 Å². The summed E-state index contributed by atoms with van der Waals surface area (Å²) in [6.45, 7) is 2.03. The molecule has 4 rings (SSSR count). The molecule has 6 nitrogen and oxygen atoms in total. The summed E-state index contributed by atoms with van der Waals surface area (Å²) in [5.41, 5.74) is 1.31. The van der Waals surface area contributed by atoms with E-state index in [-0.39, 0.29) is 24.2 Å². The molecule has 7 heteroatoms. The van der Waals surface area contributed by atoms with Crippen LogP contribution >= 0.6 is 11.3 Å². The molecule has 26 heavy (non-hydrogen) atoms. The predicted molar refractivity (Wildman–Crippen MR) is 96.0 cm³/mol. The third-order valence-electron chi connectivity index (χ3n) is 4.79. The van der Waals surface area contributed by atoms with E-state index < -0.39 is 6.10 Å². The van der Waals surface area contributed by atoms with Gasteiger partial charge in [0.15, 0.2) is 0 Å². The minimum atomic E-state index is -0.517. The molecule has 1 aromatic heterocycles. The van der Waals surface area contributed by atoms with Crippen LogP contribution in [0.3, 0.4) is 0 Å². The van der Waals surface area contributed by atoms with Crippen molar-refractivity contribution in [3.8, 4) is 0 Å². The van der Waals surface area contributed by atoms with Gasteiger partial charge in [-0.05, 0) is 17.5 Å². The summed E-state index contributed by atoms with van der Waals surface area (Å²) in [5, 5.41) is 1.88. The van der Waals surface area contributed by atoms with Gasteiger partial charge in [-0.25, -0.2) is 4.79 Å². The first-order chi connectivity index (χ1) is 12.6. The van der Waals surface area contributed by atoms with Gasteiger partial charge in [0, 0.05) is 31.7 Å². The molecule has 0 unspecified atom stereocenters. The van der Waals surface area contributed by atoms with E-state index >= 15 is 0 Å². The van der Waals surface area contributed by atoms with Gasteiger partial charge in [0.2, 0.25) is 5.91 Å². The molecule has 0 spiro atoms. The zero-order chi connectivity index (χ0) is 18.1. The molecule has 0 radical (unpaired) electrons. The number of fused-ring (bicyclic) bond motifs is 1. The summed E-state index contributed by atoms with van der Waals surface area (Å²) in [7, 11) is 0. The Bertz CT molecular complexity index is 841. The summed E-state index contributed by atoms with van der Waals surface area (Å²) >= 11 is 1.43. The van der Waals surface area contributed by atoms with Gasteiger partial charge >= 0.3 is 5.97 Å². The van der Waals surface area contributed by atoms with Crippen molar-refractivity contribution in [3.05, 3.63) is 57.8 Å². The Labute approximate surface area is 155 Å². The molecular formula is C19H18N2O4S. The minimum absolute atomic E-state index is 0.0192. The quantitative estimate of drug-likeness (QED) is 0.778. The van der Waals surface area contributed by atoms with Gasteiger partial charge in [-0.1, -0.05) is 24.3 Å². The number of benzene rings is 1. The predicted octanol–water partition coefficient (Wildman–Crippen LogP) is 2.33. The number of rotatable bonds is 3. The highest BCUT2D eigenvalue weighted by molar-refractivity contribution is 7.12. The van der Waals surface area contributed by atoms with Gasteiger partial charge in [-0.15, -0.1) is 11.3 Å². The Hall–Kier alpha value is -2.67. The number of cyclic esters (lactones) is 1. The Morgan fingerprint density at radius 3 is 2.50 bits per heavy atom. The average molecular weight is 370 g/mol. The highest BCUT2D eigenvalue weighted by Crippen LogP contribution is 2.33. The lowest BCUT2D eigenvalue weighted by atomic mass is 10.0. The number of carbonyl (C=O) groups is 3. The molecule has 0 bridgehead atoms. The normalized spacial score (nSPS) is 19.2.